The van der Waals surface area contributed by atoms with Crippen LogP contribution in [0.3, 0.4) is 0 Å². The van der Waals surface area contributed by atoms with Gasteiger partial charge in [0.15, 0.2) is 0 Å². The van der Waals surface area contributed by atoms with Gasteiger partial charge in [-0.25, -0.2) is 0 Å². The number of aliphatic hydroxyl groups excluding tert-OH is 1. The summed E-state index contributed by atoms with van der Waals surface area (Å²) in [6, 6.07) is 8.31. The van der Waals surface area contributed by atoms with Gasteiger partial charge in [0, 0.05) is 16.7 Å². The summed E-state index contributed by atoms with van der Waals surface area (Å²) in [5, 5.41) is 15.6. The quantitative estimate of drug-likeness (QED) is 0.936. The van der Waals surface area contributed by atoms with Crippen molar-refractivity contribution < 1.29 is 5.11 Å². The summed E-state index contributed by atoms with van der Waals surface area (Å²) in [4.78, 5) is 1.26. The largest absolute Gasteiger partial charge is 0.386 e. The number of nitrogens with zero attached hydrogens (tertiary/aromatic N) is 2. The fraction of sp³-hybridized carbons (Fsp3) is 0.400. The SMILES string of the molecule is CCCn1ncc(Cl)c1C(O)C1Cc2ccccc2S1. The molecular formula is C15H17ClN2OS. The average molecular weight is 309 g/mol. The van der Waals surface area contributed by atoms with Crippen LogP contribution < -0.4 is 0 Å². The van der Waals surface area contributed by atoms with Crippen molar-refractivity contribution in [3.05, 3.63) is 46.7 Å². The minimum atomic E-state index is -0.589. The smallest absolute Gasteiger partial charge is 0.110 e. The summed E-state index contributed by atoms with van der Waals surface area (Å²) in [6.07, 6.45) is 2.88. The number of aryl methyl sites for hydroxylation is 1. The molecule has 1 aliphatic rings. The van der Waals surface area contributed by atoms with Gasteiger partial charge in [0.25, 0.3) is 0 Å². The molecule has 2 heterocycles. The molecule has 1 N–H and O–H groups in total. The molecule has 0 bridgehead atoms. The summed E-state index contributed by atoms with van der Waals surface area (Å²) in [5.41, 5.74) is 2.05. The van der Waals surface area contributed by atoms with E-state index in [1.165, 1.54) is 10.5 Å². The molecule has 2 aromatic rings. The van der Waals surface area contributed by atoms with E-state index in [0.717, 1.165) is 25.1 Å². The number of halogens is 1. The number of rotatable bonds is 4. The van der Waals surface area contributed by atoms with Gasteiger partial charge in [-0.2, -0.15) is 5.10 Å². The standard InChI is InChI=1S/C15H17ClN2OS/c1-2-7-18-14(11(16)9-17-18)15(19)13-8-10-5-3-4-6-12(10)20-13/h3-6,9,13,15,19H,2,7-8H2,1H3. The van der Waals surface area contributed by atoms with Crippen LogP contribution >= 0.6 is 23.4 Å². The number of aromatic nitrogens is 2. The lowest BCUT2D eigenvalue weighted by Gasteiger charge is -2.19. The van der Waals surface area contributed by atoms with Gasteiger partial charge in [0.2, 0.25) is 0 Å². The van der Waals surface area contributed by atoms with Crippen molar-refractivity contribution in [1.29, 1.82) is 0 Å². The molecule has 2 unspecified atom stereocenters. The highest BCUT2D eigenvalue weighted by Gasteiger charge is 2.32. The van der Waals surface area contributed by atoms with Gasteiger partial charge in [-0.3, -0.25) is 4.68 Å². The van der Waals surface area contributed by atoms with Crippen LogP contribution in [-0.2, 0) is 13.0 Å². The Morgan fingerprint density at radius 2 is 2.30 bits per heavy atom. The lowest BCUT2D eigenvalue weighted by atomic mass is 10.0. The molecule has 2 atom stereocenters. The molecule has 0 saturated heterocycles. The second kappa shape index (κ2) is 5.80. The van der Waals surface area contributed by atoms with Gasteiger partial charge in [-0.15, -0.1) is 11.8 Å². The van der Waals surface area contributed by atoms with E-state index in [9.17, 15) is 5.11 Å². The molecule has 3 rings (SSSR count). The Balaban J connectivity index is 1.84. The molecule has 106 valence electrons. The van der Waals surface area contributed by atoms with Crippen molar-refractivity contribution in [3.8, 4) is 0 Å². The van der Waals surface area contributed by atoms with Crippen molar-refractivity contribution in [2.24, 2.45) is 0 Å². The Labute approximate surface area is 128 Å². The molecule has 0 aliphatic carbocycles. The van der Waals surface area contributed by atoms with E-state index >= 15 is 0 Å². The molecule has 0 radical (unpaired) electrons. The van der Waals surface area contributed by atoms with E-state index in [1.54, 1.807) is 18.0 Å². The molecule has 0 fully saturated rings. The fourth-order valence-electron chi connectivity index (χ4n) is 2.62. The van der Waals surface area contributed by atoms with Crippen molar-refractivity contribution in [2.45, 2.75) is 42.6 Å². The van der Waals surface area contributed by atoms with Crippen LogP contribution in [0.25, 0.3) is 0 Å². The van der Waals surface area contributed by atoms with Crippen molar-refractivity contribution in [3.63, 3.8) is 0 Å². The fourth-order valence-corrected chi connectivity index (χ4v) is 4.18. The van der Waals surface area contributed by atoms with Crippen LogP contribution in [0.4, 0.5) is 0 Å². The third-order valence-electron chi connectivity index (χ3n) is 3.57. The molecule has 1 aromatic heterocycles. The molecule has 0 spiro atoms. The van der Waals surface area contributed by atoms with Gasteiger partial charge in [-0.05, 0) is 24.5 Å². The maximum atomic E-state index is 10.7. The number of fused-ring (bicyclic) bond motifs is 1. The predicted octanol–water partition coefficient (Wildman–Crippen LogP) is 3.70. The number of aliphatic hydroxyl groups is 1. The maximum absolute atomic E-state index is 10.7. The second-order valence-electron chi connectivity index (χ2n) is 5.01. The minimum Gasteiger partial charge on any atom is -0.386 e. The Kier molecular flexibility index (Phi) is 4.06. The van der Waals surface area contributed by atoms with E-state index in [2.05, 4.69) is 24.2 Å². The number of hydrogen-bond acceptors (Lipinski definition) is 3. The van der Waals surface area contributed by atoms with E-state index in [1.807, 2.05) is 16.8 Å². The van der Waals surface area contributed by atoms with Gasteiger partial charge >= 0.3 is 0 Å². The van der Waals surface area contributed by atoms with Crippen LogP contribution in [-0.4, -0.2) is 20.1 Å². The van der Waals surface area contributed by atoms with Crippen LogP contribution in [0.5, 0.6) is 0 Å². The maximum Gasteiger partial charge on any atom is 0.110 e. The van der Waals surface area contributed by atoms with Crippen LogP contribution in [0.1, 0.15) is 30.7 Å². The first-order valence-corrected chi connectivity index (χ1v) is 8.10. The molecule has 0 amide bonds. The minimum absolute atomic E-state index is 0.109. The van der Waals surface area contributed by atoms with E-state index in [0.29, 0.717) is 5.02 Å². The van der Waals surface area contributed by atoms with Crippen LogP contribution in [0, 0.1) is 0 Å². The first-order valence-electron chi connectivity index (χ1n) is 6.84. The average Bonchev–Trinajstić information content (AvgIpc) is 3.02. The van der Waals surface area contributed by atoms with Crippen molar-refractivity contribution in [2.75, 3.05) is 0 Å². The summed E-state index contributed by atoms with van der Waals surface area (Å²) in [7, 11) is 0. The highest BCUT2D eigenvalue weighted by Crippen LogP contribution is 2.43. The number of benzene rings is 1. The van der Waals surface area contributed by atoms with Gasteiger partial charge in [0.1, 0.15) is 6.10 Å². The number of thioether (sulfide) groups is 1. The first kappa shape index (κ1) is 14.0. The Morgan fingerprint density at radius 3 is 3.05 bits per heavy atom. The number of hydrogen-bond donors (Lipinski definition) is 1. The van der Waals surface area contributed by atoms with E-state index in [4.69, 9.17) is 11.6 Å². The molecule has 5 heteroatoms. The molecule has 1 aromatic carbocycles. The monoisotopic (exact) mass is 308 g/mol. The Morgan fingerprint density at radius 1 is 1.50 bits per heavy atom. The second-order valence-corrected chi connectivity index (χ2v) is 6.70. The van der Waals surface area contributed by atoms with Crippen LogP contribution in [0.2, 0.25) is 5.02 Å². The summed E-state index contributed by atoms with van der Waals surface area (Å²) >= 11 is 7.94. The summed E-state index contributed by atoms with van der Waals surface area (Å²) < 4.78 is 1.83. The zero-order valence-corrected chi connectivity index (χ0v) is 12.9. The van der Waals surface area contributed by atoms with Gasteiger partial charge in [-0.1, -0.05) is 36.7 Å². The molecule has 1 aliphatic heterocycles. The van der Waals surface area contributed by atoms with Gasteiger partial charge in [0.05, 0.1) is 16.9 Å². The third kappa shape index (κ3) is 2.48. The molecular weight excluding hydrogens is 292 g/mol. The molecule has 0 saturated carbocycles. The topological polar surface area (TPSA) is 38.0 Å². The zero-order chi connectivity index (χ0) is 14.1. The van der Waals surface area contributed by atoms with Gasteiger partial charge < -0.3 is 5.11 Å². The Hall–Kier alpha value is -0.970. The highest BCUT2D eigenvalue weighted by molar-refractivity contribution is 8.00. The predicted molar refractivity (Wildman–Crippen MR) is 82.3 cm³/mol. The van der Waals surface area contributed by atoms with Crippen molar-refractivity contribution in [1.82, 2.24) is 9.78 Å². The van der Waals surface area contributed by atoms with E-state index < -0.39 is 6.10 Å². The third-order valence-corrected chi connectivity index (χ3v) is 5.24. The lowest BCUT2D eigenvalue weighted by Crippen LogP contribution is -2.19. The van der Waals surface area contributed by atoms with E-state index in [-0.39, 0.29) is 5.25 Å². The zero-order valence-electron chi connectivity index (χ0n) is 11.3. The van der Waals surface area contributed by atoms with Crippen molar-refractivity contribution >= 4 is 23.4 Å². The first-order chi connectivity index (χ1) is 9.70. The molecule has 20 heavy (non-hydrogen) atoms. The molecule has 3 nitrogen and oxygen atoms in total. The van der Waals surface area contributed by atoms with Crippen LogP contribution in [0.15, 0.2) is 35.4 Å². The normalized spacial score (nSPS) is 19.1. The summed E-state index contributed by atoms with van der Waals surface area (Å²) in [5.74, 6) is 0. The lowest BCUT2D eigenvalue weighted by molar-refractivity contribution is 0.163. The Bertz CT molecular complexity index is 589. The summed E-state index contributed by atoms with van der Waals surface area (Å²) in [6.45, 7) is 2.87. The highest BCUT2D eigenvalue weighted by atomic mass is 35.5.